The molecule has 0 saturated carbocycles. The van der Waals surface area contributed by atoms with Crippen LogP contribution in [0.15, 0.2) is 29.4 Å². The summed E-state index contributed by atoms with van der Waals surface area (Å²) in [6.07, 6.45) is 5.27. The monoisotopic (exact) mass is 222 g/mol. The first-order chi connectivity index (χ1) is 6.75. The Morgan fingerprint density at radius 2 is 2.43 bits per heavy atom. The van der Waals surface area contributed by atoms with E-state index >= 15 is 0 Å². The van der Waals surface area contributed by atoms with Crippen LogP contribution < -0.4 is 5.32 Å². The summed E-state index contributed by atoms with van der Waals surface area (Å²) in [4.78, 5) is 16.2. The SMILES string of the molecule is O=C1NC(=S)C(=Cc2cccnc2)S1. The lowest BCUT2D eigenvalue weighted by molar-refractivity contribution is 0.265. The first-order valence-corrected chi connectivity index (χ1v) is 5.13. The van der Waals surface area contributed by atoms with E-state index in [4.69, 9.17) is 12.2 Å². The van der Waals surface area contributed by atoms with Crippen molar-refractivity contribution < 1.29 is 4.79 Å². The Morgan fingerprint density at radius 3 is 3.00 bits per heavy atom. The van der Waals surface area contributed by atoms with Gasteiger partial charge in [-0.3, -0.25) is 9.78 Å². The third kappa shape index (κ3) is 2.00. The fourth-order valence-corrected chi connectivity index (χ4v) is 2.07. The van der Waals surface area contributed by atoms with Gasteiger partial charge in [0.1, 0.15) is 4.99 Å². The molecule has 1 aromatic heterocycles. The maximum absolute atomic E-state index is 11.0. The molecule has 0 unspecified atom stereocenters. The van der Waals surface area contributed by atoms with Gasteiger partial charge in [-0.05, 0) is 29.5 Å². The fraction of sp³-hybridized carbons (Fsp3) is 0. The molecule has 3 nitrogen and oxygen atoms in total. The largest absolute Gasteiger partial charge is 0.307 e. The summed E-state index contributed by atoms with van der Waals surface area (Å²) in [5.41, 5.74) is 0.939. The van der Waals surface area contributed by atoms with Gasteiger partial charge in [-0.15, -0.1) is 0 Å². The van der Waals surface area contributed by atoms with Gasteiger partial charge >= 0.3 is 0 Å². The highest BCUT2D eigenvalue weighted by Crippen LogP contribution is 2.26. The standard InChI is InChI=1S/C9H6N2OS2/c12-9-11-8(13)7(14-9)4-6-2-1-3-10-5-6/h1-5H,(H,11,12,13). The van der Waals surface area contributed by atoms with Crippen LogP contribution in [0.5, 0.6) is 0 Å². The van der Waals surface area contributed by atoms with Gasteiger partial charge in [-0.1, -0.05) is 18.3 Å². The number of carbonyl (C=O) groups excluding carboxylic acids is 1. The zero-order valence-electron chi connectivity index (χ0n) is 7.06. The number of thiocarbonyl (C=S) groups is 1. The van der Waals surface area contributed by atoms with Crippen molar-refractivity contribution in [2.75, 3.05) is 0 Å². The molecule has 0 atom stereocenters. The predicted molar refractivity (Wildman–Crippen MR) is 60.9 cm³/mol. The van der Waals surface area contributed by atoms with Crippen molar-refractivity contribution in [1.82, 2.24) is 10.3 Å². The van der Waals surface area contributed by atoms with Crippen molar-refractivity contribution in [2.45, 2.75) is 0 Å². The number of nitrogens with one attached hydrogen (secondary N) is 1. The molecule has 2 rings (SSSR count). The lowest BCUT2D eigenvalue weighted by Gasteiger charge is -1.94. The van der Waals surface area contributed by atoms with E-state index in [0.717, 1.165) is 22.2 Å². The smallest absolute Gasteiger partial charge is 0.289 e. The molecule has 1 amide bonds. The summed E-state index contributed by atoms with van der Waals surface area (Å²) in [6, 6.07) is 3.75. The Morgan fingerprint density at radius 1 is 1.57 bits per heavy atom. The van der Waals surface area contributed by atoms with Gasteiger partial charge in [-0.2, -0.15) is 0 Å². The van der Waals surface area contributed by atoms with Crippen LogP contribution in [0, 0.1) is 0 Å². The lowest BCUT2D eigenvalue weighted by atomic mass is 10.2. The molecular formula is C9H6N2OS2. The maximum atomic E-state index is 11.0. The highest BCUT2D eigenvalue weighted by molar-refractivity contribution is 8.19. The minimum atomic E-state index is -0.120. The predicted octanol–water partition coefficient (Wildman–Crippen LogP) is 2.21. The Labute approximate surface area is 90.6 Å². The molecule has 1 aromatic rings. The van der Waals surface area contributed by atoms with E-state index in [2.05, 4.69) is 10.3 Å². The minimum absolute atomic E-state index is 0.120. The van der Waals surface area contributed by atoms with Gasteiger partial charge in [-0.25, -0.2) is 0 Å². The van der Waals surface area contributed by atoms with E-state index in [1.807, 2.05) is 18.2 Å². The van der Waals surface area contributed by atoms with E-state index in [0.29, 0.717) is 4.99 Å². The number of carbonyl (C=O) groups is 1. The topological polar surface area (TPSA) is 42.0 Å². The Kier molecular flexibility index (Phi) is 2.60. The molecule has 1 saturated heterocycles. The van der Waals surface area contributed by atoms with Crippen LogP contribution >= 0.6 is 24.0 Å². The van der Waals surface area contributed by atoms with E-state index < -0.39 is 0 Å². The van der Waals surface area contributed by atoms with Crippen molar-refractivity contribution in [3.63, 3.8) is 0 Å². The number of rotatable bonds is 1. The molecule has 0 aliphatic carbocycles. The van der Waals surface area contributed by atoms with Crippen LogP contribution in [0.3, 0.4) is 0 Å². The number of nitrogens with zero attached hydrogens (tertiary/aromatic N) is 1. The summed E-state index contributed by atoms with van der Waals surface area (Å²) < 4.78 is 0. The molecule has 0 aromatic carbocycles. The maximum Gasteiger partial charge on any atom is 0.289 e. The molecule has 14 heavy (non-hydrogen) atoms. The average Bonchev–Trinajstić information content (AvgIpc) is 2.47. The first-order valence-electron chi connectivity index (χ1n) is 3.90. The zero-order chi connectivity index (χ0) is 9.97. The quantitative estimate of drug-likeness (QED) is 0.584. The van der Waals surface area contributed by atoms with Crippen molar-refractivity contribution >= 4 is 40.3 Å². The van der Waals surface area contributed by atoms with Crippen LogP contribution in [0.4, 0.5) is 4.79 Å². The summed E-state index contributed by atoms with van der Waals surface area (Å²) in [7, 11) is 0. The van der Waals surface area contributed by atoms with Gasteiger partial charge in [0.15, 0.2) is 0 Å². The van der Waals surface area contributed by atoms with Crippen LogP contribution in [0.2, 0.25) is 0 Å². The van der Waals surface area contributed by atoms with Crippen LogP contribution in [0.25, 0.3) is 6.08 Å². The summed E-state index contributed by atoms with van der Waals surface area (Å²) in [6.45, 7) is 0. The van der Waals surface area contributed by atoms with E-state index in [-0.39, 0.29) is 5.24 Å². The second kappa shape index (κ2) is 3.89. The van der Waals surface area contributed by atoms with Crippen LogP contribution in [-0.4, -0.2) is 15.2 Å². The number of amides is 1. The normalized spacial score (nSPS) is 18.7. The van der Waals surface area contributed by atoms with Gasteiger partial charge < -0.3 is 5.32 Å². The molecular weight excluding hydrogens is 216 g/mol. The van der Waals surface area contributed by atoms with Crippen molar-refractivity contribution in [1.29, 1.82) is 0 Å². The lowest BCUT2D eigenvalue weighted by Crippen LogP contribution is -2.15. The van der Waals surface area contributed by atoms with Crippen LogP contribution in [0.1, 0.15) is 5.56 Å². The fourth-order valence-electron chi connectivity index (χ4n) is 1.03. The molecule has 0 spiro atoms. The second-order valence-electron chi connectivity index (χ2n) is 2.64. The van der Waals surface area contributed by atoms with Crippen molar-refractivity contribution in [2.24, 2.45) is 0 Å². The molecule has 70 valence electrons. The van der Waals surface area contributed by atoms with E-state index in [1.165, 1.54) is 0 Å². The Hall–Kier alpha value is -1.20. The van der Waals surface area contributed by atoms with Crippen molar-refractivity contribution in [3.05, 3.63) is 35.0 Å². The Balaban J connectivity index is 2.28. The van der Waals surface area contributed by atoms with E-state index in [1.54, 1.807) is 12.4 Å². The molecule has 1 fully saturated rings. The third-order valence-corrected chi connectivity index (χ3v) is 2.90. The first kappa shape index (κ1) is 9.36. The summed E-state index contributed by atoms with van der Waals surface area (Å²) in [5.74, 6) is 0. The molecule has 1 aliphatic rings. The Bertz CT molecular complexity index is 414. The minimum Gasteiger partial charge on any atom is -0.307 e. The number of hydrogen-bond donors (Lipinski definition) is 1. The molecule has 1 N–H and O–H groups in total. The average molecular weight is 222 g/mol. The molecule has 1 aliphatic heterocycles. The third-order valence-electron chi connectivity index (χ3n) is 1.62. The molecule has 0 radical (unpaired) electrons. The highest BCUT2D eigenvalue weighted by atomic mass is 32.2. The molecule has 2 heterocycles. The van der Waals surface area contributed by atoms with Gasteiger partial charge in [0.05, 0.1) is 4.91 Å². The number of aromatic nitrogens is 1. The number of pyridine rings is 1. The van der Waals surface area contributed by atoms with Gasteiger partial charge in [0, 0.05) is 12.4 Å². The van der Waals surface area contributed by atoms with Gasteiger partial charge in [0.2, 0.25) is 0 Å². The van der Waals surface area contributed by atoms with E-state index in [9.17, 15) is 4.79 Å². The molecule has 5 heteroatoms. The van der Waals surface area contributed by atoms with Gasteiger partial charge in [0.25, 0.3) is 5.24 Å². The summed E-state index contributed by atoms with van der Waals surface area (Å²) >= 11 is 6.09. The summed E-state index contributed by atoms with van der Waals surface area (Å²) in [5, 5.41) is 2.43. The zero-order valence-corrected chi connectivity index (χ0v) is 8.69. The number of thioether (sulfide) groups is 1. The van der Waals surface area contributed by atoms with Crippen molar-refractivity contribution in [3.8, 4) is 0 Å². The van der Waals surface area contributed by atoms with Crippen LogP contribution in [-0.2, 0) is 0 Å². The number of hydrogen-bond acceptors (Lipinski definition) is 4. The second-order valence-corrected chi connectivity index (χ2v) is 4.06. The molecule has 0 bridgehead atoms. The highest BCUT2D eigenvalue weighted by Gasteiger charge is 2.21.